The number of halogens is 1. The predicted octanol–water partition coefficient (Wildman–Crippen LogP) is 5.11. The first kappa shape index (κ1) is 15.4. The van der Waals surface area contributed by atoms with E-state index in [-0.39, 0.29) is 6.03 Å². The van der Waals surface area contributed by atoms with Crippen LogP contribution in [0, 0.1) is 0 Å². The van der Waals surface area contributed by atoms with Gasteiger partial charge in [-0.3, -0.25) is 0 Å². The zero-order chi connectivity index (χ0) is 15.2. The van der Waals surface area contributed by atoms with Crippen LogP contribution in [-0.2, 0) is 12.8 Å². The quantitative estimate of drug-likeness (QED) is 0.809. The number of hydrogen-bond acceptors (Lipinski definition) is 1. The van der Waals surface area contributed by atoms with Crippen molar-refractivity contribution >= 4 is 29.0 Å². The van der Waals surface area contributed by atoms with Crippen molar-refractivity contribution in [3.63, 3.8) is 0 Å². The molecule has 0 heterocycles. The van der Waals surface area contributed by atoms with Crippen molar-refractivity contribution in [2.24, 2.45) is 0 Å². The fourth-order valence-corrected chi connectivity index (χ4v) is 2.34. The van der Waals surface area contributed by atoms with Crippen LogP contribution >= 0.6 is 11.6 Å². The molecule has 0 radical (unpaired) electrons. The number of carbonyl (C=O) groups excluding carboxylic acids is 1. The fraction of sp³-hybridized carbons (Fsp3) is 0.235. The van der Waals surface area contributed by atoms with Crippen molar-refractivity contribution in [1.82, 2.24) is 0 Å². The number of benzene rings is 2. The highest BCUT2D eigenvalue weighted by molar-refractivity contribution is 6.30. The van der Waals surface area contributed by atoms with E-state index < -0.39 is 0 Å². The van der Waals surface area contributed by atoms with Gasteiger partial charge in [-0.2, -0.15) is 0 Å². The van der Waals surface area contributed by atoms with Crippen LogP contribution in [0.2, 0.25) is 5.02 Å². The summed E-state index contributed by atoms with van der Waals surface area (Å²) in [4.78, 5) is 12.1. The Kier molecular flexibility index (Phi) is 5.23. The standard InChI is InChI=1S/C17H19ClN2O/c1-3-12-6-5-7-13(4-2)16(12)20-17(21)19-15-10-8-14(18)9-11-15/h5-11H,3-4H2,1-2H3,(H2,19,20,21). The minimum atomic E-state index is -0.243. The second kappa shape index (κ2) is 7.14. The van der Waals surface area contributed by atoms with Crippen molar-refractivity contribution in [3.8, 4) is 0 Å². The number of anilines is 2. The lowest BCUT2D eigenvalue weighted by Gasteiger charge is -2.15. The van der Waals surface area contributed by atoms with Crippen molar-refractivity contribution in [2.75, 3.05) is 10.6 Å². The van der Waals surface area contributed by atoms with E-state index in [0.29, 0.717) is 10.7 Å². The van der Waals surface area contributed by atoms with Crippen molar-refractivity contribution < 1.29 is 4.79 Å². The third-order valence-electron chi connectivity index (χ3n) is 3.34. The number of aryl methyl sites for hydroxylation is 2. The van der Waals surface area contributed by atoms with Crippen LogP contribution in [0.25, 0.3) is 0 Å². The van der Waals surface area contributed by atoms with E-state index in [4.69, 9.17) is 11.6 Å². The number of amides is 2. The van der Waals surface area contributed by atoms with E-state index in [1.807, 2.05) is 18.2 Å². The van der Waals surface area contributed by atoms with Crippen molar-refractivity contribution in [1.29, 1.82) is 0 Å². The lowest BCUT2D eigenvalue weighted by molar-refractivity contribution is 0.262. The summed E-state index contributed by atoms with van der Waals surface area (Å²) in [5, 5.41) is 6.42. The molecule has 2 N–H and O–H groups in total. The highest BCUT2D eigenvalue weighted by atomic mass is 35.5. The zero-order valence-corrected chi connectivity index (χ0v) is 13.0. The number of carbonyl (C=O) groups is 1. The second-order valence-corrected chi connectivity index (χ2v) is 5.18. The maximum atomic E-state index is 12.1. The zero-order valence-electron chi connectivity index (χ0n) is 12.2. The Balaban J connectivity index is 2.14. The third-order valence-corrected chi connectivity index (χ3v) is 3.59. The van der Waals surface area contributed by atoms with Gasteiger partial charge in [0.15, 0.2) is 0 Å². The molecule has 2 amide bonds. The Morgan fingerprint density at radius 3 is 2.05 bits per heavy atom. The normalized spacial score (nSPS) is 10.2. The van der Waals surface area contributed by atoms with Gasteiger partial charge in [0.25, 0.3) is 0 Å². The first-order valence-corrected chi connectivity index (χ1v) is 7.46. The summed E-state index contributed by atoms with van der Waals surface area (Å²) in [7, 11) is 0. The molecular weight excluding hydrogens is 284 g/mol. The average Bonchev–Trinajstić information content (AvgIpc) is 2.49. The summed E-state index contributed by atoms with van der Waals surface area (Å²) in [5.41, 5.74) is 3.90. The molecule has 0 spiro atoms. The summed E-state index contributed by atoms with van der Waals surface area (Å²) < 4.78 is 0. The van der Waals surface area contributed by atoms with Crippen LogP contribution in [0.1, 0.15) is 25.0 Å². The fourth-order valence-electron chi connectivity index (χ4n) is 2.21. The minimum Gasteiger partial charge on any atom is -0.308 e. The first-order valence-electron chi connectivity index (χ1n) is 7.08. The average molecular weight is 303 g/mol. The molecule has 0 aliphatic heterocycles. The van der Waals surface area contributed by atoms with Crippen LogP contribution in [0.5, 0.6) is 0 Å². The van der Waals surface area contributed by atoms with Gasteiger partial charge >= 0.3 is 6.03 Å². The Labute approximate surface area is 130 Å². The van der Waals surface area contributed by atoms with Gasteiger partial charge in [-0.25, -0.2) is 4.79 Å². The van der Waals surface area contributed by atoms with Gasteiger partial charge in [-0.05, 0) is 48.2 Å². The molecule has 3 nitrogen and oxygen atoms in total. The smallest absolute Gasteiger partial charge is 0.308 e. The van der Waals surface area contributed by atoms with E-state index in [9.17, 15) is 4.79 Å². The lowest BCUT2D eigenvalue weighted by Crippen LogP contribution is -2.21. The van der Waals surface area contributed by atoms with Crippen molar-refractivity contribution in [3.05, 3.63) is 58.6 Å². The van der Waals surface area contributed by atoms with E-state index in [1.54, 1.807) is 24.3 Å². The molecule has 0 fully saturated rings. The van der Waals surface area contributed by atoms with E-state index in [0.717, 1.165) is 29.7 Å². The van der Waals surface area contributed by atoms with E-state index >= 15 is 0 Å². The highest BCUT2D eigenvalue weighted by Gasteiger charge is 2.10. The molecule has 0 aromatic heterocycles. The molecule has 2 aromatic carbocycles. The lowest BCUT2D eigenvalue weighted by atomic mass is 10.0. The molecule has 21 heavy (non-hydrogen) atoms. The van der Waals surface area contributed by atoms with Gasteiger partial charge in [0.2, 0.25) is 0 Å². The largest absolute Gasteiger partial charge is 0.323 e. The molecule has 2 rings (SSSR count). The molecule has 0 aliphatic carbocycles. The maximum Gasteiger partial charge on any atom is 0.323 e. The van der Waals surface area contributed by atoms with Crippen LogP contribution < -0.4 is 10.6 Å². The Morgan fingerprint density at radius 1 is 0.952 bits per heavy atom. The predicted molar refractivity (Wildman–Crippen MR) is 89.3 cm³/mol. The second-order valence-electron chi connectivity index (χ2n) is 4.74. The van der Waals surface area contributed by atoms with Gasteiger partial charge in [-0.15, -0.1) is 0 Å². The summed E-state index contributed by atoms with van der Waals surface area (Å²) in [6, 6.07) is 12.9. The molecule has 4 heteroatoms. The van der Waals surface area contributed by atoms with Gasteiger partial charge in [-0.1, -0.05) is 43.6 Å². The highest BCUT2D eigenvalue weighted by Crippen LogP contribution is 2.23. The number of hydrogen-bond donors (Lipinski definition) is 2. The maximum absolute atomic E-state index is 12.1. The molecule has 0 bridgehead atoms. The van der Waals surface area contributed by atoms with Crippen molar-refractivity contribution in [2.45, 2.75) is 26.7 Å². The topological polar surface area (TPSA) is 41.1 Å². The van der Waals surface area contributed by atoms with Crippen LogP contribution in [0.3, 0.4) is 0 Å². The monoisotopic (exact) mass is 302 g/mol. The Hall–Kier alpha value is -2.00. The summed E-state index contributed by atoms with van der Waals surface area (Å²) in [6.07, 6.45) is 1.76. The van der Waals surface area contributed by atoms with Crippen LogP contribution in [0.4, 0.5) is 16.2 Å². The third kappa shape index (κ3) is 3.99. The van der Waals surface area contributed by atoms with Crippen LogP contribution in [0.15, 0.2) is 42.5 Å². The molecular formula is C17H19ClN2O. The molecule has 0 saturated heterocycles. The molecule has 0 saturated carbocycles. The minimum absolute atomic E-state index is 0.243. The van der Waals surface area contributed by atoms with E-state index in [1.165, 1.54) is 0 Å². The summed E-state index contributed by atoms with van der Waals surface area (Å²) >= 11 is 5.83. The Morgan fingerprint density at radius 2 is 1.52 bits per heavy atom. The molecule has 2 aromatic rings. The number of rotatable bonds is 4. The number of urea groups is 1. The van der Waals surface area contributed by atoms with Gasteiger partial charge in [0.05, 0.1) is 0 Å². The molecule has 110 valence electrons. The van der Waals surface area contributed by atoms with Crippen LogP contribution in [-0.4, -0.2) is 6.03 Å². The SMILES string of the molecule is CCc1cccc(CC)c1NC(=O)Nc1ccc(Cl)cc1. The molecule has 0 aliphatic rings. The van der Waals surface area contributed by atoms with Gasteiger partial charge in [0, 0.05) is 16.4 Å². The molecule has 0 unspecified atom stereocenters. The summed E-state index contributed by atoms with van der Waals surface area (Å²) in [6.45, 7) is 4.16. The van der Waals surface area contributed by atoms with Gasteiger partial charge in [0.1, 0.15) is 0 Å². The Bertz CT molecular complexity index is 601. The first-order chi connectivity index (χ1) is 10.1. The molecule has 0 atom stereocenters. The number of para-hydroxylation sites is 1. The van der Waals surface area contributed by atoms with Gasteiger partial charge < -0.3 is 10.6 Å². The van der Waals surface area contributed by atoms with E-state index in [2.05, 4.69) is 24.5 Å². The number of nitrogens with one attached hydrogen (secondary N) is 2. The summed E-state index contributed by atoms with van der Waals surface area (Å²) in [5.74, 6) is 0.